The van der Waals surface area contributed by atoms with Crippen molar-refractivity contribution in [3.8, 4) is 0 Å². The molecule has 0 atom stereocenters. The summed E-state index contributed by atoms with van der Waals surface area (Å²) >= 11 is 2.00. The van der Waals surface area contributed by atoms with Gasteiger partial charge in [-0.05, 0) is 43.1 Å². The molecule has 100 valence electrons. The van der Waals surface area contributed by atoms with Crippen molar-refractivity contribution < 1.29 is 9.90 Å². The fourth-order valence-electron chi connectivity index (χ4n) is 2.10. The van der Waals surface area contributed by atoms with E-state index in [-0.39, 0.29) is 12.5 Å². The summed E-state index contributed by atoms with van der Waals surface area (Å²) in [5.74, 6) is 3.28. The summed E-state index contributed by atoms with van der Waals surface area (Å²) in [6.45, 7) is 1.08. The smallest absolute Gasteiger partial charge is 0.220 e. The van der Waals surface area contributed by atoms with E-state index in [1.807, 2.05) is 11.8 Å². The number of carbonyl (C=O) groups excluding carboxylic acids is 1. The minimum absolute atomic E-state index is 0.226. The highest BCUT2D eigenvalue weighted by Crippen LogP contribution is 2.24. The number of amides is 1. The van der Waals surface area contributed by atoms with Crippen LogP contribution in [0.2, 0.25) is 0 Å². The maximum Gasteiger partial charge on any atom is 0.220 e. The van der Waals surface area contributed by atoms with Crippen molar-refractivity contribution in [1.82, 2.24) is 5.32 Å². The average molecular weight is 259 g/mol. The summed E-state index contributed by atoms with van der Waals surface area (Å²) in [7, 11) is 0. The highest BCUT2D eigenvalue weighted by molar-refractivity contribution is 7.99. The van der Waals surface area contributed by atoms with Gasteiger partial charge in [-0.3, -0.25) is 4.79 Å². The van der Waals surface area contributed by atoms with Crippen molar-refractivity contribution in [3.05, 3.63) is 0 Å². The third-order valence-electron chi connectivity index (χ3n) is 3.22. The fraction of sp³-hybridized carbons (Fsp3) is 0.923. The Labute approximate surface area is 109 Å². The third kappa shape index (κ3) is 7.66. The molecule has 1 rings (SSSR count). The minimum atomic E-state index is 0.226. The molecule has 1 aliphatic heterocycles. The quantitative estimate of drug-likeness (QED) is 0.657. The van der Waals surface area contributed by atoms with Crippen molar-refractivity contribution >= 4 is 17.7 Å². The van der Waals surface area contributed by atoms with Crippen LogP contribution in [0, 0.1) is 5.92 Å². The number of unbranched alkanes of at least 4 members (excludes halogenated alkanes) is 3. The van der Waals surface area contributed by atoms with Gasteiger partial charge in [-0.25, -0.2) is 0 Å². The predicted molar refractivity (Wildman–Crippen MR) is 73.2 cm³/mol. The van der Waals surface area contributed by atoms with Crippen LogP contribution in [0.25, 0.3) is 0 Å². The molecule has 1 heterocycles. The molecule has 0 unspecified atom stereocenters. The molecular formula is C13H25NO2S. The maximum atomic E-state index is 11.6. The zero-order chi connectivity index (χ0) is 12.3. The first kappa shape index (κ1) is 14.8. The summed E-state index contributed by atoms with van der Waals surface area (Å²) in [5.41, 5.74) is 0. The molecule has 2 N–H and O–H groups in total. The topological polar surface area (TPSA) is 49.3 Å². The summed E-state index contributed by atoms with van der Waals surface area (Å²) in [6.07, 6.45) is 7.20. The molecule has 0 aromatic heterocycles. The summed E-state index contributed by atoms with van der Waals surface area (Å²) < 4.78 is 0. The number of aliphatic hydroxyl groups excluding tert-OH is 1. The Bertz CT molecular complexity index is 206. The average Bonchev–Trinajstić information content (AvgIpc) is 2.35. The van der Waals surface area contributed by atoms with Gasteiger partial charge in [0.2, 0.25) is 5.91 Å². The molecule has 0 spiro atoms. The molecule has 0 saturated carbocycles. The van der Waals surface area contributed by atoms with Crippen molar-refractivity contribution in [1.29, 1.82) is 0 Å². The van der Waals surface area contributed by atoms with Gasteiger partial charge < -0.3 is 10.4 Å². The lowest BCUT2D eigenvalue weighted by Crippen LogP contribution is -2.27. The van der Waals surface area contributed by atoms with E-state index in [0.29, 0.717) is 5.92 Å². The summed E-state index contributed by atoms with van der Waals surface area (Å²) in [6, 6.07) is 0. The second-order valence-electron chi connectivity index (χ2n) is 4.75. The molecule has 4 heteroatoms. The van der Waals surface area contributed by atoms with Crippen LogP contribution >= 0.6 is 11.8 Å². The number of hydrogen-bond donors (Lipinski definition) is 2. The van der Waals surface area contributed by atoms with Crippen LogP contribution in [0.5, 0.6) is 0 Å². The van der Waals surface area contributed by atoms with Crippen LogP contribution in [0.15, 0.2) is 0 Å². The SMILES string of the molecule is O=C(CC1CCSCC1)NCCCCCCO. The van der Waals surface area contributed by atoms with Gasteiger partial charge in [-0.1, -0.05) is 12.8 Å². The van der Waals surface area contributed by atoms with Gasteiger partial charge in [0.05, 0.1) is 0 Å². The number of hydrogen-bond acceptors (Lipinski definition) is 3. The van der Waals surface area contributed by atoms with Crippen LogP contribution in [-0.2, 0) is 4.79 Å². The van der Waals surface area contributed by atoms with E-state index in [2.05, 4.69) is 5.32 Å². The fourth-order valence-corrected chi connectivity index (χ4v) is 3.31. The number of rotatable bonds is 8. The molecule has 1 amide bonds. The van der Waals surface area contributed by atoms with Crippen LogP contribution < -0.4 is 5.32 Å². The van der Waals surface area contributed by atoms with E-state index in [0.717, 1.165) is 38.6 Å². The lowest BCUT2D eigenvalue weighted by Gasteiger charge is -2.20. The van der Waals surface area contributed by atoms with E-state index in [9.17, 15) is 4.79 Å². The van der Waals surface area contributed by atoms with Gasteiger partial charge >= 0.3 is 0 Å². The Morgan fingerprint density at radius 1 is 1.18 bits per heavy atom. The Hall–Kier alpha value is -0.220. The molecule has 1 fully saturated rings. The van der Waals surface area contributed by atoms with E-state index in [1.54, 1.807) is 0 Å². The lowest BCUT2D eigenvalue weighted by molar-refractivity contribution is -0.122. The molecule has 3 nitrogen and oxygen atoms in total. The van der Waals surface area contributed by atoms with Crippen LogP contribution in [-0.4, -0.2) is 35.7 Å². The van der Waals surface area contributed by atoms with Gasteiger partial charge in [0, 0.05) is 19.6 Å². The Morgan fingerprint density at radius 3 is 2.59 bits per heavy atom. The van der Waals surface area contributed by atoms with Crippen molar-refractivity contribution in [2.45, 2.75) is 44.9 Å². The standard InChI is InChI=1S/C13H25NO2S/c15-8-4-2-1-3-7-14-13(16)11-12-5-9-17-10-6-12/h12,15H,1-11H2,(H,14,16). The molecule has 0 aromatic carbocycles. The Morgan fingerprint density at radius 2 is 1.88 bits per heavy atom. The first-order chi connectivity index (χ1) is 8.33. The summed E-state index contributed by atoms with van der Waals surface area (Å²) in [5, 5.41) is 11.6. The van der Waals surface area contributed by atoms with Gasteiger partial charge in [0.1, 0.15) is 0 Å². The first-order valence-electron chi connectivity index (χ1n) is 6.78. The monoisotopic (exact) mass is 259 g/mol. The van der Waals surface area contributed by atoms with Crippen molar-refractivity contribution in [3.63, 3.8) is 0 Å². The summed E-state index contributed by atoms with van der Waals surface area (Å²) in [4.78, 5) is 11.6. The lowest BCUT2D eigenvalue weighted by atomic mass is 9.98. The highest BCUT2D eigenvalue weighted by Gasteiger charge is 2.16. The van der Waals surface area contributed by atoms with Gasteiger partial charge in [-0.2, -0.15) is 11.8 Å². The van der Waals surface area contributed by atoms with Gasteiger partial charge in [-0.15, -0.1) is 0 Å². The second kappa shape index (κ2) is 9.77. The highest BCUT2D eigenvalue weighted by atomic mass is 32.2. The van der Waals surface area contributed by atoms with E-state index >= 15 is 0 Å². The molecule has 0 radical (unpaired) electrons. The number of aliphatic hydroxyl groups is 1. The molecule has 0 bridgehead atoms. The van der Waals surface area contributed by atoms with Crippen molar-refractivity contribution in [2.24, 2.45) is 5.92 Å². The number of thioether (sulfide) groups is 1. The number of nitrogens with one attached hydrogen (secondary N) is 1. The van der Waals surface area contributed by atoms with Gasteiger partial charge in [0.15, 0.2) is 0 Å². The largest absolute Gasteiger partial charge is 0.396 e. The third-order valence-corrected chi connectivity index (χ3v) is 4.27. The van der Waals surface area contributed by atoms with Crippen LogP contribution in [0.1, 0.15) is 44.9 Å². The zero-order valence-corrected chi connectivity index (χ0v) is 11.4. The molecule has 1 aliphatic rings. The molecule has 0 aromatic rings. The molecule has 17 heavy (non-hydrogen) atoms. The normalized spacial score (nSPS) is 17.0. The van der Waals surface area contributed by atoms with Gasteiger partial charge in [0.25, 0.3) is 0 Å². The number of carbonyl (C=O) groups is 1. The minimum Gasteiger partial charge on any atom is -0.396 e. The maximum absolute atomic E-state index is 11.6. The zero-order valence-electron chi connectivity index (χ0n) is 10.6. The second-order valence-corrected chi connectivity index (χ2v) is 5.97. The van der Waals surface area contributed by atoms with Crippen LogP contribution in [0.3, 0.4) is 0 Å². The Kier molecular flexibility index (Phi) is 8.53. The van der Waals surface area contributed by atoms with Crippen LogP contribution in [0.4, 0.5) is 0 Å². The Balaban J connectivity index is 1.93. The van der Waals surface area contributed by atoms with E-state index in [1.165, 1.54) is 24.3 Å². The van der Waals surface area contributed by atoms with E-state index in [4.69, 9.17) is 5.11 Å². The predicted octanol–water partition coefficient (Wildman–Crippen LogP) is 2.19. The van der Waals surface area contributed by atoms with Crippen molar-refractivity contribution in [2.75, 3.05) is 24.7 Å². The van der Waals surface area contributed by atoms with E-state index < -0.39 is 0 Å². The molecule has 0 aliphatic carbocycles. The molecule has 1 saturated heterocycles. The molecular weight excluding hydrogens is 234 g/mol. The first-order valence-corrected chi connectivity index (χ1v) is 7.93.